The lowest BCUT2D eigenvalue weighted by atomic mass is 10.2. The van der Waals surface area contributed by atoms with Crippen LogP contribution in [0.2, 0.25) is 0 Å². The molecule has 0 bridgehead atoms. The van der Waals surface area contributed by atoms with Gasteiger partial charge in [0.25, 0.3) is 0 Å². The summed E-state index contributed by atoms with van der Waals surface area (Å²) < 4.78 is 0. The molecule has 1 atom stereocenters. The normalized spacial score (nSPS) is 23.4. The van der Waals surface area contributed by atoms with E-state index >= 15 is 0 Å². The van der Waals surface area contributed by atoms with Crippen LogP contribution < -0.4 is 10.6 Å². The molecule has 0 aromatic rings. The molecule has 2 rings (SSSR count). The second-order valence-corrected chi connectivity index (χ2v) is 6.26. The maximum Gasteiger partial charge on any atom is 0.222 e. The third kappa shape index (κ3) is 5.16. The van der Waals surface area contributed by atoms with E-state index in [9.17, 15) is 4.79 Å². The van der Waals surface area contributed by atoms with E-state index in [4.69, 9.17) is 4.99 Å². The number of carbonyl (C=O) groups is 1. The molecule has 0 saturated carbocycles. The van der Waals surface area contributed by atoms with Crippen LogP contribution in [0.1, 0.15) is 39.0 Å². The molecule has 0 aliphatic carbocycles. The molecule has 2 fully saturated rings. The van der Waals surface area contributed by atoms with E-state index in [-0.39, 0.29) is 0 Å². The van der Waals surface area contributed by atoms with Crippen LogP contribution in [-0.2, 0) is 4.79 Å². The van der Waals surface area contributed by atoms with Gasteiger partial charge in [0.2, 0.25) is 5.91 Å². The van der Waals surface area contributed by atoms with Gasteiger partial charge >= 0.3 is 0 Å². The Balaban J connectivity index is 1.67. The molecule has 2 saturated heterocycles. The first kappa shape index (κ1) is 17.1. The Kier molecular flexibility index (Phi) is 6.96. The van der Waals surface area contributed by atoms with Crippen molar-refractivity contribution < 1.29 is 4.79 Å². The number of nitrogens with zero attached hydrogens (tertiary/aromatic N) is 3. The average Bonchev–Trinajstić information content (AvgIpc) is 3.09. The van der Waals surface area contributed by atoms with E-state index in [1.807, 2.05) is 4.90 Å². The highest BCUT2D eigenvalue weighted by Crippen LogP contribution is 2.14. The van der Waals surface area contributed by atoms with Gasteiger partial charge in [-0.1, -0.05) is 0 Å². The van der Waals surface area contributed by atoms with Crippen LogP contribution in [0.15, 0.2) is 4.99 Å². The third-order valence-electron chi connectivity index (χ3n) is 4.54. The summed E-state index contributed by atoms with van der Waals surface area (Å²) in [5, 5.41) is 6.68. The number of likely N-dealkylation sites (tertiary alicyclic amines) is 2. The van der Waals surface area contributed by atoms with Gasteiger partial charge in [-0.25, -0.2) is 0 Å². The number of aliphatic imine (C=N–C) groups is 1. The molecule has 6 nitrogen and oxygen atoms in total. The smallest absolute Gasteiger partial charge is 0.222 e. The van der Waals surface area contributed by atoms with Gasteiger partial charge in [-0.15, -0.1) is 0 Å². The zero-order chi connectivity index (χ0) is 15.8. The van der Waals surface area contributed by atoms with Gasteiger partial charge in [0.15, 0.2) is 5.96 Å². The van der Waals surface area contributed by atoms with Gasteiger partial charge in [-0.05, 0) is 46.2 Å². The molecule has 2 aliphatic heterocycles. The van der Waals surface area contributed by atoms with Crippen molar-refractivity contribution in [2.24, 2.45) is 4.99 Å². The Morgan fingerprint density at radius 2 is 2.18 bits per heavy atom. The van der Waals surface area contributed by atoms with Crippen LogP contribution in [0, 0.1) is 0 Å². The van der Waals surface area contributed by atoms with Crippen LogP contribution in [-0.4, -0.2) is 74.0 Å². The molecule has 126 valence electrons. The summed E-state index contributed by atoms with van der Waals surface area (Å²) >= 11 is 0. The number of carbonyl (C=O) groups excluding carboxylic acids is 1. The topological polar surface area (TPSA) is 60.0 Å². The van der Waals surface area contributed by atoms with E-state index in [2.05, 4.69) is 29.5 Å². The monoisotopic (exact) mass is 309 g/mol. The summed E-state index contributed by atoms with van der Waals surface area (Å²) in [5.41, 5.74) is 0. The molecule has 22 heavy (non-hydrogen) atoms. The lowest BCUT2D eigenvalue weighted by Crippen LogP contribution is -2.40. The number of hydrogen-bond donors (Lipinski definition) is 2. The van der Waals surface area contributed by atoms with E-state index in [1.165, 1.54) is 19.4 Å². The zero-order valence-corrected chi connectivity index (χ0v) is 14.1. The Labute approximate surface area is 134 Å². The molecule has 2 heterocycles. The molecule has 0 spiro atoms. The van der Waals surface area contributed by atoms with E-state index < -0.39 is 0 Å². The maximum atomic E-state index is 11.5. The maximum absolute atomic E-state index is 11.5. The number of guanidine groups is 1. The molecule has 1 amide bonds. The van der Waals surface area contributed by atoms with E-state index in [0.717, 1.165) is 57.9 Å². The molecular formula is C16H31N5O. The number of amides is 1. The summed E-state index contributed by atoms with van der Waals surface area (Å²) in [5.74, 6) is 1.21. The number of rotatable bonds is 7. The second kappa shape index (κ2) is 8.98. The van der Waals surface area contributed by atoms with Crippen LogP contribution >= 0.6 is 0 Å². The number of nitrogens with one attached hydrogen (secondary N) is 2. The molecule has 6 heteroatoms. The molecular weight excluding hydrogens is 278 g/mol. The van der Waals surface area contributed by atoms with Crippen LogP contribution in [0.25, 0.3) is 0 Å². The Morgan fingerprint density at radius 3 is 2.82 bits per heavy atom. The first-order valence-corrected chi connectivity index (χ1v) is 8.71. The fraction of sp³-hybridized carbons (Fsp3) is 0.875. The summed E-state index contributed by atoms with van der Waals surface area (Å²) in [4.78, 5) is 20.6. The summed E-state index contributed by atoms with van der Waals surface area (Å²) in [6.07, 6.45) is 5.25. The second-order valence-electron chi connectivity index (χ2n) is 6.26. The quantitative estimate of drug-likeness (QED) is 0.412. The molecule has 0 aromatic carbocycles. The highest BCUT2D eigenvalue weighted by molar-refractivity contribution is 5.79. The van der Waals surface area contributed by atoms with Gasteiger partial charge in [0.1, 0.15) is 0 Å². The average molecular weight is 309 g/mol. The van der Waals surface area contributed by atoms with Gasteiger partial charge in [-0.3, -0.25) is 9.79 Å². The predicted molar refractivity (Wildman–Crippen MR) is 90.1 cm³/mol. The van der Waals surface area contributed by atoms with Crippen molar-refractivity contribution >= 4 is 11.9 Å². The fourth-order valence-corrected chi connectivity index (χ4v) is 3.17. The summed E-state index contributed by atoms with van der Waals surface area (Å²) in [6, 6.07) is 0.581. The summed E-state index contributed by atoms with van der Waals surface area (Å²) in [7, 11) is 2.18. The minimum atomic E-state index is 0.310. The highest BCUT2D eigenvalue weighted by atomic mass is 16.2. The van der Waals surface area contributed by atoms with Crippen LogP contribution in [0.5, 0.6) is 0 Å². The van der Waals surface area contributed by atoms with Crippen molar-refractivity contribution in [3.63, 3.8) is 0 Å². The van der Waals surface area contributed by atoms with Gasteiger partial charge in [-0.2, -0.15) is 0 Å². The highest BCUT2D eigenvalue weighted by Gasteiger charge is 2.20. The Hall–Kier alpha value is -1.30. The molecule has 2 N–H and O–H groups in total. The summed E-state index contributed by atoms with van der Waals surface area (Å²) in [6.45, 7) is 7.65. The van der Waals surface area contributed by atoms with Crippen LogP contribution in [0.3, 0.4) is 0 Å². The van der Waals surface area contributed by atoms with Gasteiger partial charge in [0, 0.05) is 38.6 Å². The van der Waals surface area contributed by atoms with Crippen molar-refractivity contribution in [3.8, 4) is 0 Å². The van der Waals surface area contributed by atoms with Crippen LogP contribution in [0.4, 0.5) is 0 Å². The molecule has 0 radical (unpaired) electrons. The lowest BCUT2D eigenvalue weighted by molar-refractivity contribution is -0.127. The van der Waals surface area contributed by atoms with E-state index in [1.54, 1.807) is 0 Å². The molecule has 1 unspecified atom stereocenters. The predicted octanol–water partition coefficient (Wildman–Crippen LogP) is 0.648. The Morgan fingerprint density at radius 1 is 1.32 bits per heavy atom. The van der Waals surface area contributed by atoms with Crippen molar-refractivity contribution in [2.45, 2.75) is 45.1 Å². The van der Waals surface area contributed by atoms with Crippen molar-refractivity contribution in [1.82, 2.24) is 20.4 Å². The van der Waals surface area contributed by atoms with Crippen molar-refractivity contribution in [3.05, 3.63) is 0 Å². The van der Waals surface area contributed by atoms with Gasteiger partial charge in [0.05, 0.1) is 6.54 Å². The molecule has 0 aromatic heterocycles. The fourth-order valence-electron chi connectivity index (χ4n) is 3.17. The first-order valence-electron chi connectivity index (χ1n) is 8.71. The standard InChI is InChI=1S/C16H31N5O/c1-3-17-16(19-13-14-7-4-10-20(14)2)18-9-6-12-21-11-5-8-15(21)22/h14H,3-13H2,1-2H3,(H2,17,18,19). The SMILES string of the molecule is CCNC(=NCC1CCCN1C)NCCCN1CCCC1=O. The minimum absolute atomic E-state index is 0.310. The minimum Gasteiger partial charge on any atom is -0.357 e. The first-order chi connectivity index (χ1) is 10.7. The lowest BCUT2D eigenvalue weighted by Gasteiger charge is -2.19. The van der Waals surface area contributed by atoms with Crippen molar-refractivity contribution in [2.75, 3.05) is 46.3 Å². The van der Waals surface area contributed by atoms with Crippen molar-refractivity contribution in [1.29, 1.82) is 0 Å². The largest absolute Gasteiger partial charge is 0.357 e. The van der Waals surface area contributed by atoms with E-state index in [0.29, 0.717) is 11.9 Å². The molecule has 2 aliphatic rings. The number of likely N-dealkylation sites (N-methyl/N-ethyl adjacent to an activating group) is 1. The number of hydrogen-bond acceptors (Lipinski definition) is 3. The third-order valence-corrected chi connectivity index (χ3v) is 4.54. The zero-order valence-electron chi connectivity index (χ0n) is 14.1. The van der Waals surface area contributed by atoms with Gasteiger partial charge < -0.3 is 20.4 Å². The Bertz CT molecular complexity index is 385.